The predicted octanol–water partition coefficient (Wildman–Crippen LogP) is 6.77. The summed E-state index contributed by atoms with van der Waals surface area (Å²) in [6.07, 6.45) is 18.0. The molecule has 0 bridgehead atoms. The van der Waals surface area contributed by atoms with Gasteiger partial charge in [-0.15, -0.1) is 0 Å². The lowest BCUT2D eigenvalue weighted by Gasteiger charge is -2.05. The van der Waals surface area contributed by atoms with Crippen molar-refractivity contribution in [1.82, 2.24) is 0 Å². The second-order valence-electron chi connectivity index (χ2n) is 6.86. The Hall–Kier alpha value is -1.57. The third kappa shape index (κ3) is 11.6. The zero-order chi connectivity index (χ0) is 18.2. The monoisotopic (exact) mass is 344 g/mol. The van der Waals surface area contributed by atoms with Crippen LogP contribution in [0.5, 0.6) is 0 Å². The largest absolute Gasteiger partial charge is 0.458 e. The molecule has 0 saturated heterocycles. The lowest BCUT2D eigenvalue weighted by Crippen LogP contribution is -2.00. The van der Waals surface area contributed by atoms with Gasteiger partial charge in [0.05, 0.1) is 0 Å². The van der Waals surface area contributed by atoms with Gasteiger partial charge >= 0.3 is 5.97 Å². The highest BCUT2D eigenvalue weighted by atomic mass is 16.5. The molecule has 0 atom stereocenters. The van der Waals surface area contributed by atoms with Crippen LogP contribution < -0.4 is 0 Å². The summed E-state index contributed by atoms with van der Waals surface area (Å²) in [6, 6.07) is 8.45. The fourth-order valence-corrected chi connectivity index (χ4v) is 2.96. The Morgan fingerprint density at radius 2 is 1.36 bits per heavy atom. The van der Waals surface area contributed by atoms with E-state index in [4.69, 9.17) is 4.74 Å². The summed E-state index contributed by atoms with van der Waals surface area (Å²) in [5.74, 6) is -0.281. The maximum absolute atomic E-state index is 11.3. The van der Waals surface area contributed by atoms with Crippen molar-refractivity contribution in [2.75, 3.05) is 0 Å². The van der Waals surface area contributed by atoms with Crippen molar-refractivity contribution in [2.24, 2.45) is 0 Å². The van der Waals surface area contributed by atoms with Crippen molar-refractivity contribution < 1.29 is 9.53 Å². The van der Waals surface area contributed by atoms with E-state index in [-0.39, 0.29) is 5.97 Å². The minimum Gasteiger partial charge on any atom is -0.458 e. The molecule has 0 aliphatic carbocycles. The first-order valence-electron chi connectivity index (χ1n) is 10.1. The number of allylic oxidation sites excluding steroid dienone is 1. The SMILES string of the molecule is CC=CC(=O)OCc1ccc(CCCCCCCCCCCC)cc1. The Balaban J connectivity index is 2.05. The number of rotatable bonds is 14. The summed E-state index contributed by atoms with van der Waals surface area (Å²) in [7, 11) is 0. The number of benzene rings is 1. The third-order valence-electron chi connectivity index (χ3n) is 4.53. The minimum absolute atomic E-state index is 0.281. The van der Waals surface area contributed by atoms with Gasteiger partial charge in [0.2, 0.25) is 0 Å². The summed E-state index contributed by atoms with van der Waals surface area (Å²) >= 11 is 0. The van der Waals surface area contributed by atoms with E-state index in [1.807, 2.05) is 6.92 Å². The first-order chi connectivity index (χ1) is 12.3. The summed E-state index contributed by atoms with van der Waals surface area (Å²) in [5.41, 5.74) is 2.42. The Labute approximate surface area is 154 Å². The number of esters is 1. The number of aryl methyl sites for hydroxylation is 1. The molecule has 0 heterocycles. The highest BCUT2D eigenvalue weighted by molar-refractivity contribution is 5.81. The highest BCUT2D eigenvalue weighted by Gasteiger charge is 2.00. The van der Waals surface area contributed by atoms with Crippen molar-refractivity contribution >= 4 is 5.97 Å². The molecule has 0 saturated carbocycles. The zero-order valence-corrected chi connectivity index (χ0v) is 16.3. The smallest absolute Gasteiger partial charge is 0.330 e. The molecule has 140 valence electrons. The summed E-state index contributed by atoms with van der Waals surface area (Å²) < 4.78 is 5.15. The molecule has 0 unspecified atom stereocenters. The maximum atomic E-state index is 11.3. The summed E-state index contributed by atoms with van der Waals surface area (Å²) in [4.78, 5) is 11.3. The number of carbonyl (C=O) groups is 1. The van der Waals surface area contributed by atoms with Crippen molar-refractivity contribution in [3.05, 3.63) is 47.5 Å². The van der Waals surface area contributed by atoms with E-state index in [1.165, 1.54) is 75.8 Å². The highest BCUT2D eigenvalue weighted by Crippen LogP contribution is 2.13. The van der Waals surface area contributed by atoms with Gasteiger partial charge in [0.1, 0.15) is 6.61 Å². The second-order valence-corrected chi connectivity index (χ2v) is 6.86. The van der Waals surface area contributed by atoms with Gasteiger partial charge in [-0.05, 0) is 30.9 Å². The van der Waals surface area contributed by atoms with Gasteiger partial charge in [-0.25, -0.2) is 4.79 Å². The molecule has 0 radical (unpaired) electrons. The quantitative estimate of drug-likeness (QED) is 0.211. The first kappa shape index (κ1) is 21.5. The van der Waals surface area contributed by atoms with E-state index in [0.717, 1.165) is 12.0 Å². The molecule has 1 aromatic rings. The maximum Gasteiger partial charge on any atom is 0.330 e. The van der Waals surface area contributed by atoms with Crippen molar-refractivity contribution in [2.45, 2.75) is 91.1 Å². The molecule has 0 aliphatic rings. The molecule has 1 rings (SSSR count). The van der Waals surface area contributed by atoms with Crippen LogP contribution in [0.4, 0.5) is 0 Å². The number of hydrogen-bond donors (Lipinski definition) is 0. The van der Waals surface area contributed by atoms with Crippen LogP contribution in [0.2, 0.25) is 0 Å². The van der Waals surface area contributed by atoms with Crippen LogP contribution in [-0.4, -0.2) is 5.97 Å². The molecule has 2 heteroatoms. The van der Waals surface area contributed by atoms with Crippen LogP contribution in [0.15, 0.2) is 36.4 Å². The van der Waals surface area contributed by atoms with Crippen molar-refractivity contribution in [3.8, 4) is 0 Å². The minimum atomic E-state index is -0.281. The third-order valence-corrected chi connectivity index (χ3v) is 4.53. The molecular formula is C23H36O2. The molecule has 0 aromatic heterocycles. The van der Waals surface area contributed by atoms with Gasteiger partial charge in [0.15, 0.2) is 0 Å². The van der Waals surface area contributed by atoms with Gasteiger partial charge < -0.3 is 4.74 Å². The van der Waals surface area contributed by atoms with Crippen molar-refractivity contribution in [1.29, 1.82) is 0 Å². The fraction of sp³-hybridized carbons (Fsp3) is 0.609. The molecule has 0 N–H and O–H groups in total. The molecule has 2 nitrogen and oxygen atoms in total. The summed E-state index contributed by atoms with van der Waals surface area (Å²) in [5, 5.41) is 0. The number of ether oxygens (including phenoxy) is 1. The topological polar surface area (TPSA) is 26.3 Å². The van der Waals surface area contributed by atoms with E-state index in [9.17, 15) is 4.79 Å². The van der Waals surface area contributed by atoms with E-state index < -0.39 is 0 Å². The van der Waals surface area contributed by atoms with Crippen LogP contribution in [-0.2, 0) is 22.6 Å². The van der Waals surface area contributed by atoms with Crippen LogP contribution in [0.25, 0.3) is 0 Å². The Morgan fingerprint density at radius 1 is 0.840 bits per heavy atom. The number of carbonyl (C=O) groups excluding carboxylic acids is 1. The number of unbranched alkanes of at least 4 members (excludes halogenated alkanes) is 9. The van der Waals surface area contributed by atoms with E-state index in [1.54, 1.807) is 6.08 Å². The average Bonchev–Trinajstić information content (AvgIpc) is 2.63. The molecule has 1 aromatic carbocycles. The average molecular weight is 345 g/mol. The van der Waals surface area contributed by atoms with Gasteiger partial charge in [0.25, 0.3) is 0 Å². The number of hydrogen-bond acceptors (Lipinski definition) is 2. The van der Waals surface area contributed by atoms with Crippen LogP contribution in [0, 0.1) is 0 Å². The normalized spacial score (nSPS) is 11.1. The van der Waals surface area contributed by atoms with E-state index in [0.29, 0.717) is 6.61 Å². The fourth-order valence-electron chi connectivity index (χ4n) is 2.96. The van der Waals surface area contributed by atoms with Gasteiger partial charge in [-0.3, -0.25) is 0 Å². The van der Waals surface area contributed by atoms with Crippen LogP contribution in [0.1, 0.15) is 89.2 Å². The van der Waals surface area contributed by atoms with Gasteiger partial charge in [-0.1, -0.05) is 95.1 Å². The second kappa shape index (κ2) is 14.7. The Kier molecular flexibility index (Phi) is 12.7. The molecule has 0 amide bonds. The molecule has 0 spiro atoms. The van der Waals surface area contributed by atoms with Crippen LogP contribution in [0.3, 0.4) is 0 Å². The lowest BCUT2D eigenvalue weighted by atomic mass is 10.0. The standard InChI is InChI=1S/C23H36O2/c1-3-5-6-7-8-9-10-11-12-13-15-21-16-18-22(19-17-21)20-25-23(24)14-4-2/h4,14,16-19H,3,5-13,15,20H2,1-2H3. The molecule has 0 aliphatic heterocycles. The van der Waals surface area contributed by atoms with E-state index >= 15 is 0 Å². The Bertz CT molecular complexity index is 473. The molecule has 25 heavy (non-hydrogen) atoms. The van der Waals surface area contributed by atoms with Gasteiger partial charge in [0, 0.05) is 6.08 Å². The van der Waals surface area contributed by atoms with Crippen LogP contribution >= 0.6 is 0 Å². The predicted molar refractivity (Wildman–Crippen MR) is 107 cm³/mol. The van der Waals surface area contributed by atoms with Gasteiger partial charge in [-0.2, -0.15) is 0 Å². The van der Waals surface area contributed by atoms with E-state index in [2.05, 4.69) is 31.2 Å². The zero-order valence-electron chi connectivity index (χ0n) is 16.3. The summed E-state index contributed by atoms with van der Waals surface area (Å²) in [6.45, 7) is 4.43. The van der Waals surface area contributed by atoms with Crippen molar-refractivity contribution in [3.63, 3.8) is 0 Å². The first-order valence-corrected chi connectivity index (χ1v) is 10.1. The molecular weight excluding hydrogens is 308 g/mol. The molecule has 0 fully saturated rings. The Morgan fingerprint density at radius 3 is 1.92 bits per heavy atom. The lowest BCUT2D eigenvalue weighted by molar-refractivity contribution is -0.139.